The van der Waals surface area contributed by atoms with Gasteiger partial charge in [-0.25, -0.2) is 8.51 Å². The highest BCUT2D eigenvalue weighted by Gasteiger charge is 2.66. The van der Waals surface area contributed by atoms with Crippen molar-refractivity contribution in [1.82, 2.24) is 4.31 Å². The molecule has 2 fully saturated rings. The van der Waals surface area contributed by atoms with Crippen molar-refractivity contribution < 1.29 is 8.95 Å². The second kappa shape index (κ2) is 6.21. The monoisotopic (exact) mass is 367 g/mol. The Kier molecular flexibility index (Phi) is 3.94. The molecule has 2 unspecified atom stereocenters. The largest absolute Gasteiger partial charge is 0.489 e. The molecule has 2 aromatic carbocycles. The zero-order chi connectivity index (χ0) is 17.7. The van der Waals surface area contributed by atoms with Gasteiger partial charge in [-0.2, -0.15) is 0 Å². The normalized spacial score (nSPS) is 32.7. The fourth-order valence-corrected chi connectivity index (χ4v) is 6.50. The highest BCUT2D eigenvalue weighted by Crippen LogP contribution is 2.58. The molecule has 4 heteroatoms. The smallest absolute Gasteiger partial charge is 0.120 e. The lowest BCUT2D eigenvalue weighted by Gasteiger charge is -2.22. The molecular formula is C22H25NO2S. The number of fused-ring (bicyclic) bond motifs is 1. The molecule has 1 aliphatic heterocycles. The Hall–Kier alpha value is -1.65. The average Bonchev–Trinajstić information content (AvgIpc) is 3.33. The first kappa shape index (κ1) is 16.5. The van der Waals surface area contributed by atoms with Gasteiger partial charge in [0.2, 0.25) is 0 Å². The molecule has 3 nitrogen and oxygen atoms in total. The van der Waals surface area contributed by atoms with Gasteiger partial charge < -0.3 is 4.74 Å². The lowest BCUT2D eigenvalue weighted by molar-refractivity contribution is 0.305. The highest BCUT2D eigenvalue weighted by atomic mass is 32.2. The van der Waals surface area contributed by atoms with E-state index in [2.05, 4.69) is 34.6 Å². The summed E-state index contributed by atoms with van der Waals surface area (Å²) in [6, 6.07) is 17.0. The van der Waals surface area contributed by atoms with E-state index in [1.807, 2.05) is 24.5 Å². The van der Waals surface area contributed by atoms with E-state index in [0.29, 0.717) is 18.4 Å². The predicted molar refractivity (Wildman–Crippen MR) is 104 cm³/mol. The first-order valence-corrected chi connectivity index (χ1v) is 11.1. The van der Waals surface area contributed by atoms with E-state index in [9.17, 15) is 4.21 Å². The summed E-state index contributed by atoms with van der Waals surface area (Å²) in [5.74, 6) is 2.27. The predicted octanol–water partition coefficient (Wildman–Crippen LogP) is 3.74. The lowest BCUT2D eigenvalue weighted by Crippen LogP contribution is -2.31. The van der Waals surface area contributed by atoms with Crippen LogP contribution in [0.4, 0.5) is 0 Å². The lowest BCUT2D eigenvalue weighted by atomic mass is 9.87. The van der Waals surface area contributed by atoms with E-state index in [4.69, 9.17) is 4.74 Å². The second-order valence-corrected chi connectivity index (χ2v) is 9.32. The van der Waals surface area contributed by atoms with E-state index < -0.39 is 11.0 Å². The summed E-state index contributed by atoms with van der Waals surface area (Å²) >= 11 is 0. The number of hydrogen-bond donors (Lipinski definition) is 0. The molecule has 1 saturated heterocycles. The Bertz CT molecular complexity index is 852. The highest BCUT2D eigenvalue weighted by molar-refractivity contribution is 7.82. The summed E-state index contributed by atoms with van der Waals surface area (Å²) in [6.07, 6.45) is 6.61. The summed E-state index contributed by atoms with van der Waals surface area (Å²) < 4.78 is 20.4. The Morgan fingerprint density at radius 3 is 2.50 bits per heavy atom. The van der Waals surface area contributed by atoms with Gasteiger partial charge in [0.15, 0.2) is 0 Å². The summed E-state index contributed by atoms with van der Waals surface area (Å²) in [4.78, 5) is 0. The maximum atomic E-state index is 12.1. The van der Waals surface area contributed by atoms with Gasteiger partial charge in [-0.1, -0.05) is 36.4 Å². The van der Waals surface area contributed by atoms with Crippen LogP contribution in [0.2, 0.25) is 0 Å². The van der Waals surface area contributed by atoms with Crippen LogP contribution in [0.15, 0.2) is 48.5 Å². The molecule has 5 rings (SSSR count). The minimum atomic E-state index is -0.837. The van der Waals surface area contributed by atoms with Crippen molar-refractivity contribution in [2.45, 2.75) is 37.8 Å². The van der Waals surface area contributed by atoms with Crippen molar-refractivity contribution in [2.24, 2.45) is 11.8 Å². The molecule has 0 N–H and O–H groups in total. The van der Waals surface area contributed by atoms with Crippen LogP contribution in [-0.4, -0.2) is 26.9 Å². The molecule has 1 heterocycles. The van der Waals surface area contributed by atoms with Crippen molar-refractivity contribution in [3.63, 3.8) is 0 Å². The van der Waals surface area contributed by atoms with Crippen LogP contribution in [0.25, 0.3) is 0 Å². The van der Waals surface area contributed by atoms with Crippen molar-refractivity contribution in [3.8, 4) is 5.75 Å². The van der Waals surface area contributed by atoms with E-state index in [1.165, 1.54) is 29.5 Å². The summed E-state index contributed by atoms with van der Waals surface area (Å²) in [7, 11) is -0.837. The first-order valence-electron chi connectivity index (χ1n) is 9.56. The zero-order valence-electron chi connectivity index (χ0n) is 15.2. The van der Waals surface area contributed by atoms with Crippen LogP contribution in [0.1, 0.15) is 29.5 Å². The number of ether oxygens (including phenoxy) is 1. The Balaban J connectivity index is 1.36. The van der Waals surface area contributed by atoms with Crippen molar-refractivity contribution in [1.29, 1.82) is 0 Å². The molecule has 5 atom stereocenters. The topological polar surface area (TPSA) is 29.3 Å². The fraction of sp³-hybridized carbons (Fsp3) is 0.455. The molecule has 2 aromatic rings. The average molecular weight is 368 g/mol. The SMILES string of the molecule is CS(=O)N1C[C@@]12[C@@H]1CC[C@H]2Cc2ccc(OCc3ccccc3)cc2C1. The van der Waals surface area contributed by atoms with E-state index in [-0.39, 0.29) is 5.54 Å². The van der Waals surface area contributed by atoms with E-state index in [0.717, 1.165) is 25.1 Å². The van der Waals surface area contributed by atoms with Gasteiger partial charge in [0.1, 0.15) is 12.4 Å². The molecule has 0 radical (unpaired) electrons. The van der Waals surface area contributed by atoms with Gasteiger partial charge in [0.05, 0.1) is 16.5 Å². The minimum absolute atomic E-state index is 0.212. The fourth-order valence-electron chi connectivity index (χ4n) is 5.34. The number of nitrogens with zero attached hydrogens (tertiary/aromatic N) is 1. The molecular weight excluding hydrogens is 342 g/mol. The third-order valence-corrected chi connectivity index (χ3v) is 7.79. The molecule has 2 bridgehead atoms. The zero-order valence-corrected chi connectivity index (χ0v) is 16.0. The molecule has 0 aromatic heterocycles. The molecule has 2 aliphatic carbocycles. The van der Waals surface area contributed by atoms with Gasteiger partial charge in [-0.3, -0.25) is 0 Å². The van der Waals surface area contributed by atoms with Gasteiger partial charge in [-0.05, 0) is 66.3 Å². The summed E-state index contributed by atoms with van der Waals surface area (Å²) in [5, 5.41) is 0. The third-order valence-electron chi connectivity index (χ3n) is 6.70. The molecule has 3 aliphatic rings. The summed E-state index contributed by atoms with van der Waals surface area (Å²) in [5.41, 5.74) is 4.32. The van der Waals surface area contributed by atoms with Gasteiger partial charge in [0, 0.05) is 12.8 Å². The quantitative estimate of drug-likeness (QED) is 0.771. The number of benzene rings is 2. The molecule has 0 amide bonds. The standard InChI is InChI=1S/C22H25NO2S/c1-26(24)23-15-22(23)19-8-9-20(22)12-18-13-21(10-7-17(18)11-19)25-14-16-5-3-2-4-6-16/h2-7,10,13,19-20H,8-9,11-12,14-15H2,1H3/t19-,20+,22+,23?,26?/m0/s1. The van der Waals surface area contributed by atoms with Gasteiger partial charge >= 0.3 is 0 Å². The van der Waals surface area contributed by atoms with Crippen molar-refractivity contribution in [2.75, 3.05) is 12.8 Å². The number of hydrogen-bond acceptors (Lipinski definition) is 2. The maximum absolute atomic E-state index is 12.1. The van der Waals surface area contributed by atoms with Crippen LogP contribution in [0.5, 0.6) is 5.75 Å². The first-order chi connectivity index (χ1) is 12.7. The van der Waals surface area contributed by atoms with Crippen LogP contribution >= 0.6 is 0 Å². The third kappa shape index (κ3) is 2.62. The van der Waals surface area contributed by atoms with Crippen molar-refractivity contribution in [3.05, 3.63) is 65.2 Å². The van der Waals surface area contributed by atoms with Gasteiger partial charge in [-0.15, -0.1) is 0 Å². The Morgan fingerprint density at radius 1 is 1.08 bits per heavy atom. The number of rotatable bonds is 4. The minimum Gasteiger partial charge on any atom is -0.489 e. The van der Waals surface area contributed by atoms with Crippen LogP contribution in [0, 0.1) is 11.8 Å². The van der Waals surface area contributed by atoms with Crippen LogP contribution in [-0.2, 0) is 30.4 Å². The van der Waals surface area contributed by atoms with Crippen LogP contribution in [0.3, 0.4) is 0 Å². The van der Waals surface area contributed by atoms with Crippen molar-refractivity contribution >= 4 is 11.0 Å². The molecule has 1 saturated carbocycles. The Labute approximate surface area is 158 Å². The molecule has 26 heavy (non-hydrogen) atoms. The second-order valence-electron chi connectivity index (χ2n) is 8.04. The molecule has 136 valence electrons. The molecule has 1 spiro atoms. The summed E-state index contributed by atoms with van der Waals surface area (Å²) in [6.45, 7) is 1.63. The Morgan fingerprint density at radius 2 is 1.81 bits per heavy atom. The van der Waals surface area contributed by atoms with Crippen LogP contribution < -0.4 is 4.74 Å². The van der Waals surface area contributed by atoms with E-state index >= 15 is 0 Å². The maximum Gasteiger partial charge on any atom is 0.120 e. The van der Waals surface area contributed by atoms with Gasteiger partial charge in [0.25, 0.3) is 0 Å². The van der Waals surface area contributed by atoms with E-state index in [1.54, 1.807) is 0 Å².